The zero-order valence-corrected chi connectivity index (χ0v) is 21.4. The lowest BCUT2D eigenvalue weighted by Crippen LogP contribution is -2.39. The van der Waals surface area contributed by atoms with Gasteiger partial charge < -0.3 is 14.2 Å². The predicted octanol–water partition coefficient (Wildman–Crippen LogP) is 5.34. The van der Waals surface area contributed by atoms with E-state index in [2.05, 4.69) is 16.7 Å². The minimum Gasteiger partial charge on any atom is -0.468 e. The molecular formula is C26H28N3O7P. The fourth-order valence-corrected chi connectivity index (χ4v) is 4.85. The van der Waals surface area contributed by atoms with Gasteiger partial charge in [-0.2, -0.15) is 5.09 Å². The molecule has 10 nitrogen and oxygen atoms in total. The van der Waals surface area contributed by atoms with Crippen LogP contribution < -0.4 is 9.61 Å². The van der Waals surface area contributed by atoms with Crippen molar-refractivity contribution in [3.05, 3.63) is 113 Å². The maximum absolute atomic E-state index is 13.9. The summed E-state index contributed by atoms with van der Waals surface area (Å²) in [6.07, 6.45) is 6.04. The molecule has 2 N–H and O–H groups in total. The summed E-state index contributed by atoms with van der Waals surface area (Å²) in [7, 11) is -2.95. The number of nitrogens with zero attached hydrogens (tertiary/aromatic N) is 1. The highest BCUT2D eigenvalue weighted by molar-refractivity contribution is 7.52. The molecule has 0 amide bonds. The predicted molar refractivity (Wildman–Crippen MR) is 141 cm³/mol. The standard InChI is InChI=1S/C26H28N3O7P/c1-4-20(15-14-19(2)29(31)32)18-35-37(33,36-22-10-6-5-7-11-22)28-25(26(30)34-3)16-21-17-27-24-13-9-8-12-23(21)24/h4-15,17,25,27H,1,16,18H2,2-3H3,(H,28,33)/b19-14+,20-15+/t25-,37?/m0/s1. The van der Waals surface area contributed by atoms with Crippen LogP contribution in [0, 0.1) is 10.1 Å². The second-order valence-corrected chi connectivity index (χ2v) is 9.65. The van der Waals surface area contributed by atoms with Gasteiger partial charge in [0.2, 0.25) is 5.70 Å². The quantitative estimate of drug-likeness (QED) is 0.100. The van der Waals surface area contributed by atoms with E-state index in [0.717, 1.165) is 16.5 Å². The zero-order chi connectivity index (χ0) is 26.8. The fourth-order valence-electron chi connectivity index (χ4n) is 3.37. The summed E-state index contributed by atoms with van der Waals surface area (Å²) >= 11 is 0. The first kappa shape index (κ1) is 27.6. The Kier molecular flexibility index (Phi) is 9.57. The largest absolute Gasteiger partial charge is 0.468 e. The van der Waals surface area contributed by atoms with Crippen molar-refractivity contribution in [1.82, 2.24) is 10.1 Å². The molecule has 3 aromatic rings. The molecule has 2 aromatic carbocycles. The van der Waals surface area contributed by atoms with Crippen LogP contribution >= 0.6 is 7.75 Å². The highest BCUT2D eigenvalue weighted by Gasteiger charge is 2.35. The number of nitrogens with one attached hydrogen (secondary N) is 2. The number of rotatable bonds is 13. The lowest BCUT2D eigenvalue weighted by atomic mass is 10.1. The van der Waals surface area contributed by atoms with Crippen molar-refractivity contribution in [1.29, 1.82) is 0 Å². The van der Waals surface area contributed by atoms with Gasteiger partial charge in [0.25, 0.3) is 0 Å². The van der Waals surface area contributed by atoms with Crippen LogP contribution in [0.4, 0.5) is 0 Å². The molecule has 0 aliphatic rings. The van der Waals surface area contributed by atoms with Gasteiger partial charge in [0, 0.05) is 36.5 Å². The molecule has 37 heavy (non-hydrogen) atoms. The van der Waals surface area contributed by atoms with E-state index in [4.69, 9.17) is 13.8 Å². The van der Waals surface area contributed by atoms with Gasteiger partial charge in [-0.1, -0.05) is 55.1 Å². The van der Waals surface area contributed by atoms with Crippen molar-refractivity contribution < 1.29 is 28.1 Å². The van der Waals surface area contributed by atoms with Crippen LogP contribution in [0.5, 0.6) is 5.75 Å². The number of ether oxygens (including phenoxy) is 1. The average Bonchev–Trinajstić information content (AvgIpc) is 3.31. The Morgan fingerprint density at radius 2 is 1.89 bits per heavy atom. The van der Waals surface area contributed by atoms with Crippen molar-refractivity contribution >= 4 is 24.6 Å². The van der Waals surface area contributed by atoms with E-state index in [1.807, 2.05) is 24.3 Å². The third kappa shape index (κ3) is 7.75. The smallest absolute Gasteiger partial charge is 0.459 e. The Labute approximate surface area is 214 Å². The van der Waals surface area contributed by atoms with Crippen molar-refractivity contribution in [3.63, 3.8) is 0 Å². The summed E-state index contributed by atoms with van der Waals surface area (Å²) < 4.78 is 30.3. The summed E-state index contributed by atoms with van der Waals surface area (Å²) in [5.41, 5.74) is 2.01. The first-order valence-corrected chi connectivity index (χ1v) is 12.8. The molecule has 0 spiro atoms. The van der Waals surface area contributed by atoms with Crippen LogP contribution in [-0.4, -0.2) is 35.6 Å². The number of H-pyrrole nitrogens is 1. The Morgan fingerprint density at radius 1 is 1.19 bits per heavy atom. The summed E-state index contributed by atoms with van der Waals surface area (Å²) in [5.74, 6) is -0.405. The van der Waals surface area contributed by atoms with Crippen LogP contribution in [-0.2, 0) is 25.0 Å². The number of fused-ring (bicyclic) bond motifs is 1. The number of hydrogen-bond acceptors (Lipinski definition) is 7. The Hall–Kier alpha value is -3.98. The molecule has 0 saturated heterocycles. The average molecular weight is 525 g/mol. The number of aromatic nitrogens is 1. The molecule has 0 bridgehead atoms. The third-order valence-electron chi connectivity index (χ3n) is 5.36. The van der Waals surface area contributed by atoms with Crippen molar-refractivity contribution in [2.75, 3.05) is 13.7 Å². The number of carbonyl (C=O) groups is 1. The van der Waals surface area contributed by atoms with E-state index in [0.29, 0.717) is 5.57 Å². The lowest BCUT2D eigenvalue weighted by Gasteiger charge is -2.24. The molecule has 0 radical (unpaired) electrons. The summed E-state index contributed by atoms with van der Waals surface area (Å²) in [6.45, 7) is 4.76. The summed E-state index contributed by atoms with van der Waals surface area (Å²) in [4.78, 5) is 26.2. The molecule has 194 valence electrons. The van der Waals surface area contributed by atoms with E-state index in [1.54, 1.807) is 36.5 Å². The molecule has 3 rings (SSSR count). The number of allylic oxidation sites excluding steroid dienone is 3. The zero-order valence-electron chi connectivity index (χ0n) is 20.5. The number of nitro groups is 1. The van der Waals surface area contributed by atoms with Gasteiger partial charge in [-0.05, 0) is 29.3 Å². The third-order valence-corrected chi connectivity index (χ3v) is 6.91. The number of esters is 1. The molecule has 0 aliphatic heterocycles. The second-order valence-electron chi connectivity index (χ2n) is 7.95. The van der Waals surface area contributed by atoms with Gasteiger partial charge in [0.1, 0.15) is 11.8 Å². The molecule has 2 atom stereocenters. The normalized spacial score (nSPS) is 14.5. The maximum Gasteiger partial charge on any atom is 0.459 e. The molecule has 1 aromatic heterocycles. The van der Waals surface area contributed by atoms with Crippen LogP contribution in [0.15, 0.2) is 96.9 Å². The minimum absolute atomic E-state index is 0.0920. The Bertz CT molecular complexity index is 1360. The van der Waals surface area contributed by atoms with Gasteiger partial charge >= 0.3 is 13.7 Å². The monoisotopic (exact) mass is 525 g/mol. The van der Waals surface area contributed by atoms with E-state index in [9.17, 15) is 19.5 Å². The van der Waals surface area contributed by atoms with E-state index in [1.165, 1.54) is 32.3 Å². The maximum atomic E-state index is 13.9. The molecule has 0 fully saturated rings. The Balaban J connectivity index is 1.89. The van der Waals surface area contributed by atoms with Gasteiger partial charge in [0.15, 0.2) is 0 Å². The number of carbonyl (C=O) groups excluding carboxylic acids is 1. The lowest BCUT2D eigenvalue weighted by molar-refractivity contribution is -0.424. The molecular weight excluding hydrogens is 497 g/mol. The second kappa shape index (κ2) is 12.8. The topological polar surface area (TPSA) is 133 Å². The molecule has 0 aliphatic carbocycles. The Morgan fingerprint density at radius 3 is 2.57 bits per heavy atom. The van der Waals surface area contributed by atoms with Gasteiger partial charge in [-0.15, -0.1) is 0 Å². The minimum atomic E-state index is -4.18. The number of para-hydroxylation sites is 2. The summed E-state index contributed by atoms with van der Waals surface area (Å²) in [5, 5.41) is 14.5. The highest BCUT2D eigenvalue weighted by Crippen LogP contribution is 2.45. The van der Waals surface area contributed by atoms with Crippen molar-refractivity contribution in [2.24, 2.45) is 0 Å². The van der Waals surface area contributed by atoms with Crippen LogP contribution in [0.25, 0.3) is 10.9 Å². The first-order valence-electron chi connectivity index (χ1n) is 11.3. The molecule has 1 unspecified atom stereocenters. The van der Waals surface area contributed by atoms with Crippen LogP contribution in [0.2, 0.25) is 0 Å². The van der Waals surface area contributed by atoms with Crippen molar-refractivity contribution in [3.8, 4) is 5.75 Å². The SMILES string of the molecule is C=C/C(=C\C=C(/C)[N+](=O)[O-])COP(=O)(N[C@@H](Cc1c[nH]c2ccccc12)C(=O)OC)Oc1ccccc1. The van der Waals surface area contributed by atoms with Gasteiger partial charge in [-0.25, -0.2) is 4.57 Å². The number of aromatic amines is 1. The highest BCUT2D eigenvalue weighted by atomic mass is 31.2. The van der Waals surface area contributed by atoms with Crippen LogP contribution in [0.1, 0.15) is 12.5 Å². The van der Waals surface area contributed by atoms with E-state index < -0.39 is 24.7 Å². The molecule has 0 saturated carbocycles. The number of methoxy groups -OCH3 is 1. The van der Waals surface area contributed by atoms with Gasteiger partial charge in [0.05, 0.1) is 18.6 Å². The number of hydrogen-bond donors (Lipinski definition) is 2. The number of benzene rings is 2. The fraction of sp³-hybridized carbons (Fsp3) is 0.192. The molecule has 1 heterocycles. The van der Waals surface area contributed by atoms with Crippen LogP contribution in [0.3, 0.4) is 0 Å². The summed E-state index contributed by atoms with van der Waals surface area (Å²) in [6, 6.07) is 14.9. The van der Waals surface area contributed by atoms with Crippen molar-refractivity contribution in [2.45, 2.75) is 19.4 Å². The molecule has 11 heteroatoms. The first-order chi connectivity index (χ1) is 17.7. The van der Waals surface area contributed by atoms with E-state index in [-0.39, 0.29) is 24.5 Å². The van der Waals surface area contributed by atoms with E-state index >= 15 is 0 Å². The van der Waals surface area contributed by atoms with Gasteiger partial charge in [-0.3, -0.25) is 19.4 Å².